The third kappa shape index (κ3) is 3.19. The third-order valence-corrected chi connectivity index (χ3v) is 4.96. The van der Waals surface area contributed by atoms with Gasteiger partial charge in [-0.1, -0.05) is 0 Å². The number of fused-ring (bicyclic) bond motifs is 1. The molecule has 144 valence electrons. The number of rotatable bonds is 3. The predicted octanol–water partition coefficient (Wildman–Crippen LogP) is 4.92. The van der Waals surface area contributed by atoms with Gasteiger partial charge in [-0.2, -0.15) is 5.10 Å². The molecule has 1 N–H and O–H groups in total. The van der Waals surface area contributed by atoms with E-state index >= 15 is 0 Å². The molecule has 1 amide bonds. The van der Waals surface area contributed by atoms with Crippen LogP contribution in [0.25, 0.3) is 11.1 Å². The summed E-state index contributed by atoms with van der Waals surface area (Å²) in [4.78, 5) is 14.0. The SMILES string of the molecule is COC(=O)N1c2ccc(-c3cn[nH]c3)c(Oc3ccc(F)cc3)c2CCC1C. The monoisotopic (exact) mass is 381 g/mol. The molecule has 0 radical (unpaired) electrons. The molecule has 0 spiro atoms. The molecule has 6 nitrogen and oxygen atoms in total. The Morgan fingerprint density at radius 1 is 1.25 bits per heavy atom. The van der Waals surface area contributed by atoms with Gasteiger partial charge >= 0.3 is 6.09 Å². The summed E-state index contributed by atoms with van der Waals surface area (Å²) in [7, 11) is 1.37. The van der Waals surface area contributed by atoms with Crippen LogP contribution in [0.15, 0.2) is 48.8 Å². The Hall–Kier alpha value is -3.35. The summed E-state index contributed by atoms with van der Waals surface area (Å²) >= 11 is 0. The lowest BCUT2D eigenvalue weighted by Gasteiger charge is -2.35. The summed E-state index contributed by atoms with van der Waals surface area (Å²) in [6, 6.07) is 9.68. The van der Waals surface area contributed by atoms with E-state index in [4.69, 9.17) is 9.47 Å². The zero-order valence-electron chi connectivity index (χ0n) is 15.6. The molecule has 1 aliphatic rings. The van der Waals surface area contributed by atoms with Crippen LogP contribution in [-0.4, -0.2) is 29.4 Å². The van der Waals surface area contributed by atoms with Crippen LogP contribution >= 0.6 is 0 Å². The summed E-state index contributed by atoms with van der Waals surface area (Å²) in [6.45, 7) is 1.99. The Morgan fingerprint density at radius 3 is 2.71 bits per heavy atom. The highest BCUT2D eigenvalue weighted by Gasteiger charge is 2.32. The summed E-state index contributed by atoms with van der Waals surface area (Å²) < 4.78 is 24.5. The number of amides is 1. The van der Waals surface area contributed by atoms with Gasteiger partial charge in [-0.3, -0.25) is 10.00 Å². The number of hydrogen-bond acceptors (Lipinski definition) is 4. The number of aromatic nitrogens is 2. The fourth-order valence-electron chi connectivity index (χ4n) is 3.54. The number of benzene rings is 2. The number of anilines is 1. The second-order valence-electron chi connectivity index (χ2n) is 6.71. The number of nitrogens with zero attached hydrogens (tertiary/aromatic N) is 2. The number of methoxy groups -OCH3 is 1. The van der Waals surface area contributed by atoms with E-state index in [1.807, 2.05) is 19.1 Å². The number of halogens is 1. The van der Waals surface area contributed by atoms with Gasteiger partial charge in [-0.25, -0.2) is 9.18 Å². The maximum absolute atomic E-state index is 13.3. The molecule has 4 rings (SSSR count). The highest BCUT2D eigenvalue weighted by Crippen LogP contribution is 2.44. The number of H-pyrrole nitrogens is 1. The van der Waals surface area contributed by atoms with Gasteiger partial charge < -0.3 is 9.47 Å². The lowest BCUT2D eigenvalue weighted by atomic mass is 9.92. The first kappa shape index (κ1) is 18.0. The molecule has 3 aromatic rings. The molecule has 7 heteroatoms. The first-order valence-electron chi connectivity index (χ1n) is 9.04. The molecule has 0 fully saturated rings. The van der Waals surface area contributed by atoms with Gasteiger partial charge in [0.05, 0.1) is 19.0 Å². The minimum absolute atomic E-state index is 0.0124. The van der Waals surface area contributed by atoms with Gasteiger partial charge in [0.1, 0.15) is 17.3 Å². The van der Waals surface area contributed by atoms with Gasteiger partial charge in [-0.15, -0.1) is 0 Å². The predicted molar refractivity (Wildman–Crippen MR) is 103 cm³/mol. The second kappa shape index (κ2) is 7.34. The number of nitrogens with one attached hydrogen (secondary N) is 1. The Morgan fingerprint density at radius 2 is 2.04 bits per heavy atom. The van der Waals surface area contributed by atoms with Crippen LogP contribution < -0.4 is 9.64 Å². The molecule has 0 aliphatic carbocycles. The molecule has 1 atom stereocenters. The number of ether oxygens (including phenoxy) is 2. The van der Waals surface area contributed by atoms with Crippen LogP contribution in [0.5, 0.6) is 11.5 Å². The summed E-state index contributed by atoms with van der Waals surface area (Å²) in [6.07, 6.45) is 4.60. The van der Waals surface area contributed by atoms with Crippen molar-refractivity contribution in [2.75, 3.05) is 12.0 Å². The van der Waals surface area contributed by atoms with Crippen molar-refractivity contribution >= 4 is 11.8 Å². The fraction of sp³-hybridized carbons (Fsp3) is 0.238. The molecule has 0 bridgehead atoms. The Balaban J connectivity index is 1.86. The number of carbonyl (C=O) groups is 1. The molecule has 28 heavy (non-hydrogen) atoms. The van der Waals surface area contributed by atoms with Crippen molar-refractivity contribution in [1.29, 1.82) is 0 Å². The quantitative estimate of drug-likeness (QED) is 0.700. The fourth-order valence-corrected chi connectivity index (χ4v) is 3.54. The van der Waals surface area contributed by atoms with Crippen LogP contribution in [0.3, 0.4) is 0 Å². The zero-order valence-corrected chi connectivity index (χ0v) is 15.6. The van der Waals surface area contributed by atoms with E-state index < -0.39 is 6.09 Å². The highest BCUT2D eigenvalue weighted by atomic mass is 19.1. The number of carbonyl (C=O) groups excluding carboxylic acids is 1. The molecule has 1 aliphatic heterocycles. The Labute approximate surface area is 161 Å². The Bertz CT molecular complexity index is 987. The van der Waals surface area contributed by atoms with Crippen molar-refractivity contribution in [2.24, 2.45) is 0 Å². The van der Waals surface area contributed by atoms with E-state index in [0.717, 1.165) is 35.2 Å². The largest absolute Gasteiger partial charge is 0.456 e. The van der Waals surface area contributed by atoms with E-state index in [1.54, 1.807) is 29.4 Å². The number of hydrogen-bond donors (Lipinski definition) is 1. The van der Waals surface area contributed by atoms with Crippen molar-refractivity contribution in [3.05, 3.63) is 60.2 Å². The van der Waals surface area contributed by atoms with E-state index in [1.165, 1.54) is 19.2 Å². The molecule has 0 saturated carbocycles. The van der Waals surface area contributed by atoms with Crippen LogP contribution in [0.4, 0.5) is 14.9 Å². The molecule has 2 aromatic carbocycles. The van der Waals surface area contributed by atoms with Crippen LogP contribution in [0, 0.1) is 5.82 Å². The van der Waals surface area contributed by atoms with Gasteiger partial charge in [0.15, 0.2) is 0 Å². The maximum atomic E-state index is 13.3. The van der Waals surface area contributed by atoms with Gasteiger partial charge in [0.2, 0.25) is 0 Å². The molecular weight excluding hydrogens is 361 g/mol. The normalized spacial score (nSPS) is 15.8. The average molecular weight is 381 g/mol. The van der Waals surface area contributed by atoms with Crippen molar-refractivity contribution in [3.8, 4) is 22.6 Å². The molecular formula is C21H20FN3O3. The summed E-state index contributed by atoms with van der Waals surface area (Å²) in [5.41, 5.74) is 3.38. The lowest BCUT2D eigenvalue weighted by Crippen LogP contribution is -2.42. The molecule has 0 saturated heterocycles. The Kier molecular flexibility index (Phi) is 4.73. The first-order valence-corrected chi connectivity index (χ1v) is 9.04. The second-order valence-corrected chi connectivity index (χ2v) is 6.71. The highest BCUT2D eigenvalue weighted by molar-refractivity contribution is 5.92. The average Bonchev–Trinajstić information content (AvgIpc) is 3.23. The van der Waals surface area contributed by atoms with Crippen molar-refractivity contribution in [1.82, 2.24) is 10.2 Å². The summed E-state index contributed by atoms with van der Waals surface area (Å²) in [5.74, 6) is 0.817. The van der Waals surface area contributed by atoms with Crippen molar-refractivity contribution in [3.63, 3.8) is 0 Å². The first-order chi connectivity index (χ1) is 13.6. The van der Waals surface area contributed by atoms with E-state index in [-0.39, 0.29) is 11.9 Å². The van der Waals surface area contributed by atoms with Crippen molar-refractivity contribution in [2.45, 2.75) is 25.8 Å². The standard InChI is InChI=1S/C21H20FN3O3/c1-13-3-8-18-19(25(13)21(26)27-2)10-9-17(14-11-23-24-12-14)20(18)28-16-6-4-15(22)5-7-16/h4-7,9-13H,3,8H2,1-2H3,(H,23,24). The van der Waals surface area contributed by atoms with Crippen LogP contribution in [0.1, 0.15) is 18.9 Å². The lowest BCUT2D eigenvalue weighted by molar-refractivity contribution is 0.175. The molecule has 1 aromatic heterocycles. The van der Waals surface area contributed by atoms with E-state index in [2.05, 4.69) is 10.2 Å². The maximum Gasteiger partial charge on any atom is 0.414 e. The topological polar surface area (TPSA) is 67.5 Å². The minimum Gasteiger partial charge on any atom is -0.456 e. The zero-order chi connectivity index (χ0) is 19.7. The summed E-state index contributed by atoms with van der Waals surface area (Å²) in [5, 5.41) is 6.83. The van der Waals surface area contributed by atoms with Gasteiger partial charge in [0, 0.05) is 28.9 Å². The van der Waals surface area contributed by atoms with E-state index in [0.29, 0.717) is 11.5 Å². The molecule has 1 unspecified atom stereocenters. The van der Waals surface area contributed by atoms with Crippen LogP contribution in [-0.2, 0) is 11.2 Å². The third-order valence-electron chi connectivity index (χ3n) is 4.96. The smallest absolute Gasteiger partial charge is 0.414 e. The van der Waals surface area contributed by atoms with Crippen molar-refractivity contribution < 1.29 is 18.7 Å². The van der Waals surface area contributed by atoms with Crippen LogP contribution in [0.2, 0.25) is 0 Å². The minimum atomic E-state index is -0.405. The van der Waals surface area contributed by atoms with E-state index in [9.17, 15) is 9.18 Å². The van der Waals surface area contributed by atoms with Gasteiger partial charge in [-0.05, 0) is 56.2 Å². The number of aromatic amines is 1. The van der Waals surface area contributed by atoms with Gasteiger partial charge in [0.25, 0.3) is 0 Å². The molecule has 2 heterocycles.